The summed E-state index contributed by atoms with van der Waals surface area (Å²) in [4.78, 5) is 29.4. The van der Waals surface area contributed by atoms with Gasteiger partial charge in [-0.15, -0.1) is 0 Å². The number of benzene rings is 3. The van der Waals surface area contributed by atoms with E-state index < -0.39 is 6.04 Å². The molecule has 1 atom stereocenters. The van der Waals surface area contributed by atoms with Crippen molar-refractivity contribution in [3.63, 3.8) is 0 Å². The lowest BCUT2D eigenvalue weighted by Crippen LogP contribution is -2.53. The Bertz CT molecular complexity index is 1210. The van der Waals surface area contributed by atoms with Crippen molar-refractivity contribution in [2.24, 2.45) is 0 Å². The number of hydrogen-bond acceptors (Lipinski definition) is 2. The van der Waals surface area contributed by atoms with Crippen molar-refractivity contribution in [3.8, 4) is 0 Å². The van der Waals surface area contributed by atoms with E-state index in [-0.39, 0.29) is 30.8 Å². The summed E-state index contributed by atoms with van der Waals surface area (Å²) in [5, 5.41) is 4.72. The van der Waals surface area contributed by atoms with Gasteiger partial charge in [-0.05, 0) is 47.7 Å². The number of hydrogen-bond donors (Lipinski definition) is 1. The maximum absolute atomic E-state index is 13.9. The van der Waals surface area contributed by atoms with Crippen LogP contribution in [0.25, 0.3) is 0 Å². The molecule has 7 heteroatoms. The van der Waals surface area contributed by atoms with Crippen LogP contribution in [0.15, 0.2) is 72.8 Å². The highest BCUT2D eigenvalue weighted by molar-refractivity contribution is 6.35. The Hall–Kier alpha value is -2.53. The first-order valence-corrected chi connectivity index (χ1v) is 13.8. The highest BCUT2D eigenvalue weighted by atomic mass is 35.5. The lowest BCUT2D eigenvalue weighted by molar-refractivity contribution is -0.141. The molecule has 1 saturated carbocycles. The van der Waals surface area contributed by atoms with Gasteiger partial charge in [0.15, 0.2) is 0 Å². The summed E-state index contributed by atoms with van der Waals surface area (Å²) in [6.07, 6.45) is 5.76. The molecule has 1 fully saturated rings. The van der Waals surface area contributed by atoms with Gasteiger partial charge >= 0.3 is 0 Å². The number of halogens is 3. The molecular formula is C30H31Cl3N2O2. The Labute approximate surface area is 233 Å². The van der Waals surface area contributed by atoms with Crippen molar-refractivity contribution in [2.45, 2.75) is 63.6 Å². The summed E-state index contributed by atoms with van der Waals surface area (Å²) in [7, 11) is 0. The molecule has 0 bridgehead atoms. The van der Waals surface area contributed by atoms with Crippen molar-refractivity contribution >= 4 is 46.6 Å². The number of nitrogens with zero attached hydrogens (tertiary/aromatic N) is 1. The molecule has 1 aliphatic carbocycles. The summed E-state index contributed by atoms with van der Waals surface area (Å²) >= 11 is 19.0. The van der Waals surface area contributed by atoms with Gasteiger partial charge < -0.3 is 10.2 Å². The average molecular weight is 558 g/mol. The van der Waals surface area contributed by atoms with Gasteiger partial charge in [0, 0.05) is 34.1 Å². The first-order valence-electron chi connectivity index (χ1n) is 12.7. The maximum Gasteiger partial charge on any atom is 0.243 e. The zero-order valence-corrected chi connectivity index (χ0v) is 22.9. The van der Waals surface area contributed by atoms with Gasteiger partial charge in [-0.2, -0.15) is 0 Å². The van der Waals surface area contributed by atoms with Gasteiger partial charge in [-0.25, -0.2) is 0 Å². The van der Waals surface area contributed by atoms with E-state index in [4.69, 9.17) is 34.8 Å². The molecule has 0 spiro atoms. The predicted octanol–water partition coefficient (Wildman–Crippen LogP) is 7.28. The third-order valence-electron chi connectivity index (χ3n) is 6.88. The topological polar surface area (TPSA) is 49.4 Å². The molecule has 0 radical (unpaired) electrons. The van der Waals surface area contributed by atoms with Crippen molar-refractivity contribution in [2.75, 3.05) is 0 Å². The maximum atomic E-state index is 13.9. The summed E-state index contributed by atoms with van der Waals surface area (Å²) in [6, 6.07) is 21.7. The molecule has 0 heterocycles. The second-order valence-electron chi connectivity index (χ2n) is 9.57. The van der Waals surface area contributed by atoms with Crippen LogP contribution in [0.2, 0.25) is 15.1 Å². The highest BCUT2D eigenvalue weighted by Gasteiger charge is 2.32. The number of rotatable bonds is 9. The first kappa shape index (κ1) is 27.5. The third kappa shape index (κ3) is 7.73. The van der Waals surface area contributed by atoms with E-state index in [0.29, 0.717) is 27.1 Å². The Morgan fingerprint density at radius 2 is 1.54 bits per heavy atom. The van der Waals surface area contributed by atoms with Gasteiger partial charge in [0.2, 0.25) is 11.8 Å². The fourth-order valence-corrected chi connectivity index (χ4v) is 5.51. The van der Waals surface area contributed by atoms with Crippen LogP contribution in [0.4, 0.5) is 0 Å². The van der Waals surface area contributed by atoms with E-state index in [1.54, 1.807) is 29.2 Å². The zero-order chi connectivity index (χ0) is 26.2. The van der Waals surface area contributed by atoms with Crippen molar-refractivity contribution < 1.29 is 9.59 Å². The van der Waals surface area contributed by atoms with E-state index >= 15 is 0 Å². The van der Waals surface area contributed by atoms with Gasteiger partial charge in [-0.3, -0.25) is 9.59 Å². The summed E-state index contributed by atoms with van der Waals surface area (Å²) in [5.74, 6) is -0.345. The molecule has 4 nitrogen and oxygen atoms in total. The Kier molecular flexibility index (Phi) is 9.90. The van der Waals surface area contributed by atoms with Crippen molar-refractivity contribution in [3.05, 3.63) is 105 Å². The van der Waals surface area contributed by atoms with E-state index in [0.717, 1.165) is 36.8 Å². The van der Waals surface area contributed by atoms with Crippen LogP contribution in [-0.2, 0) is 29.0 Å². The normalized spacial score (nSPS) is 14.7. The molecule has 4 rings (SSSR count). The van der Waals surface area contributed by atoms with Gasteiger partial charge in [-0.1, -0.05) is 109 Å². The van der Waals surface area contributed by atoms with Gasteiger partial charge in [0.05, 0.1) is 6.42 Å². The Balaban J connectivity index is 1.68. The number of carbonyl (C=O) groups excluding carboxylic acids is 2. The molecule has 3 aromatic rings. The second-order valence-corrected chi connectivity index (χ2v) is 10.8. The van der Waals surface area contributed by atoms with Crippen LogP contribution in [0.3, 0.4) is 0 Å². The van der Waals surface area contributed by atoms with Gasteiger partial charge in [0.1, 0.15) is 6.04 Å². The lowest BCUT2D eigenvalue weighted by atomic mass is 9.94. The molecule has 0 aromatic heterocycles. The summed E-state index contributed by atoms with van der Waals surface area (Å²) in [6.45, 7) is 0.208. The average Bonchev–Trinajstić information content (AvgIpc) is 2.90. The summed E-state index contributed by atoms with van der Waals surface area (Å²) in [5.41, 5.74) is 2.42. The van der Waals surface area contributed by atoms with Crippen molar-refractivity contribution in [1.82, 2.24) is 10.2 Å². The molecule has 1 N–H and O–H groups in total. The van der Waals surface area contributed by atoms with E-state index in [2.05, 4.69) is 5.32 Å². The minimum Gasteiger partial charge on any atom is -0.352 e. The molecule has 37 heavy (non-hydrogen) atoms. The number of carbonyl (C=O) groups is 2. The minimum absolute atomic E-state index is 0.0441. The largest absolute Gasteiger partial charge is 0.352 e. The smallest absolute Gasteiger partial charge is 0.243 e. The summed E-state index contributed by atoms with van der Waals surface area (Å²) < 4.78 is 0. The molecule has 194 valence electrons. The van der Waals surface area contributed by atoms with Crippen LogP contribution < -0.4 is 5.32 Å². The van der Waals surface area contributed by atoms with E-state index in [9.17, 15) is 9.59 Å². The molecule has 0 aliphatic heterocycles. The van der Waals surface area contributed by atoms with E-state index in [1.165, 1.54) is 6.42 Å². The van der Waals surface area contributed by atoms with Crippen LogP contribution in [0.5, 0.6) is 0 Å². The molecule has 1 unspecified atom stereocenters. The quantitative estimate of drug-likeness (QED) is 0.301. The Morgan fingerprint density at radius 1 is 0.838 bits per heavy atom. The third-order valence-corrected chi connectivity index (χ3v) is 7.83. The SMILES string of the molecule is O=C(NC1CCCCC1)C(Cc1ccccc1)N(Cc1ccccc1Cl)C(=O)Cc1ccc(Cl)cc1Cl. The number of nitrogens with one attached hydrogen (secondary N) is 1. The molecule has 3 aromatic carbocycles. The monoisotopic (exact) mass is 556 g/mol. The van der Waals surface area contributed by atoms with Crippen LogP contribution in [-0.4, -0.2) is 28.8 Å². The van der Waals surface area contributed by atoms with E-state index in [1.807, 2.05) is 48.5 Å². The van der Waals surface area contributed by atoms with Crippen LogP contribution >= 0.6 is 34.8 Å². The highest BCUT2D eigenvalue weighted by Crippen LogP contribution is 2.25. The fourth-order valence-electron chi connectivity index (χ4n) is 4.84. The predicted molar refractivity (Wildman–Crippen MR) is 151 cm³/mol. The second kappa shape index (κ2) is 13.3. The fraction of sp³-hybridized carbons (Fsp3) is 0.333. The molecule has 2 amide bonds. The molecule has 0 saturated heterocycles. The molecule has 1 aliphatic rings. The zero-order valence-electron chi connectivity index (χ0n) is 20.6. The lowest BCUT2D eigenvalue weighted by Gasteiger charge is -2.34. The Morgan fingerprint density at radius 3 is 2.24 bits per heavy atom. The minimum atomic E-state index is -0.709. The van der Waals surface area contributed by atoms with Crippen molar-refractivity contribution in [1.29, 1.82) is 0 Å². The van der Waals surface area contributed by atoms with Crippen LogP contribution in [0, 0.1) is 0 Å². The first-order chi connectivity index (χ1) is 17.9. The number of amides is 2. The standard InChI is InChI=1S/C30H31Cl3N2O2/c31-24-16-15-22(27(33)19-24)18-29(36)35(20-23-11-7-8-14-26(23)32)28(17-21-9-3-1-4-10-21)30(37)34-25-12-5-2-6-13-25/h1,3-4,7-11,14-16,19,25,28H,2,5-6,12-13,17-18,20H2,(H,34,37). The molecular weight excluding hydrogens is 527 g/mol. The van der Waals surface area contributed by atoms with Gasteiger partial charge in [0.25, 0.3) is 0 Å². The van der Waals surface area contributed by atoms with Crippen LogP contribution in [0.1, 0.15) is 48.8 Å².